The molecule has 6 heteroatoms. The summed E-state index contributed by atoms with van der Waals surface area (Å²) in [5, 5.41) is 20.0. The number of nitrogens with one attached hydrogen (secondary N) is 1. The fourth-order valence-corrected chi connectivity index (χ4v) is 2.09. The molecular weight excluding hydrogens is 266 g/mol. The summed E-state index contributed by atoms with van der Waals surface area (Å²) in [5.41, 5.74) is 0.836. The van der Waals surface area contributed by atoms with E-state index in [1.165, 1.54) is 11.8 Å². The first-order chi connectivity index (χ1) is 9.11. The van der Waals surface area contributed by atoms with Gasteiger partial charge in [0.2, 0.25) is 5.91 Å². The first-order valence-electron chi connectivity index (χ1n) is 5.93. The van der Waals surface area contributed by atoms with Crippen molar-refractivity contribution in [1.29, 1.82) is 0 Å². The lowest BCUT2D eigenvalue weighted by Crippen LogP contribution is -2.26. The molecule has 0 aliphatic rings. The normalized spacial score (nSPS) is 10.2. The molecule has 0 aliphatic carbocycles. The lowest BCUT2D eigenvalue weighted by atomic mass is 10.2. The molecule has 0 bridgehead atoms. The minimum absolute atomic E-state index is 0.00894. The van der Waals surface area contributed by atoms with Gasteiger partial charge < -0.3 is 15.5 Å². The summed E-state index contributed by atoms with van der Waals surface area (Å²) in [6.07, 6.45) is 0.507. The van der Waals surface area contributed by atoms with E-state index in [0.29, 0.717) is 18.7 Å². The van der Waals surface area contributed by atoms with E-state index in [-0.39, 0.29) is 18.9 Å². The second kappa shape index (κ2) is 8.55. The number of carboxylic acids is 1. The van der Waals surface area contributed by atoms with Crippen molar-refractivity contribution in [2.24, 2.45) is 0 Å². The number of carboxylic acid groups (broad SMARTS) is 1. The van der Waals surface area contributed by atoms with Crippen molar-refractivity contribution in [3.05, 3.63) is 29.8 Å². The zero-order valence-electron chi connectivity index (χ0n) is 10.5. The lowest BCUT2D eigenvalue weighted by Gasteiger charge is -2.04. The highest BCUT2D eigenvalue weighted by atomic mass is 32.2. The summed E-state index contributed by atoms with van der Waals surface area (Å²) in [6, 6.07) is 7.34. The SMILES string of the molecule is O=C(O)CCCNC(=O)CSc1ccc(CO)cc1. The smallest absolute Gasteiger partial charge is 0.303 e. The Balaban J connectivity index is 2.20. The van der Waals surface area contributed by atoms with Crippen LogP contribution in [0.2, 0.25) is 0 Å². The van der Waals surface area contributed by atoms with Gasteiger partial charge in [-0.25, -0.2) is 0 Å². The third-order valence-electron chi connectivity index (χ3n) is 2.37. The van der Waals surface area contributed by atoms with Crippen molar-refractivity contribution >= 4 is 23.6 Å². The first kappa shape index (κ1) is 15.5. The number of aliphatic hydroxyl groups excluding tert-OH is 1. The van der Waals surface area contributed by atoms with Gasteiger partial charge in [-0.15, -0.1) is 11.8 Å². The third kappa shape index (κ3) is 6.83. The number of hydrogen-bond donors (Lipinski definition) is 3. The Kier molecular flexibility index (Phi) is 6.99. The Morgan fingerprint density at radius 3 is 2.47 bits per heavy atom. The number of carbonyl (C=O) groups is 2. The Morgan fingerprint density at radius 2 is 1.89 bits per heavy atom. The number of thioether (sulfide) groups is 1. The van der Waals surface area contributed by atoms with E-state index in [9.17, 15) is 9.59 Å². The van der Waals surface area contributed by atoms with E-state index in [0.717, 1.165) is 10.5 Å². The van der Waals surface area contributed by atoms with Gasteiger partial charge in [-0.05, 0) is 24.1 Å². The Bertz CT molecular complexity index is 419. The zero-order valence-corrected chi connectivity index (χ0v) is 11.3. The van der Waals surface area contributed by atoms with Gasteiger partial charge in [0.25, 0.3) is 0 Å². The Morgan fingerprint density at radius 1 is 1.21 bits per heavy atom. The van der Waals surface area contributed by atoms with Crippen LogP contribution in [0.3, 0.4) is 0 Å². The highest BCUT2D eigenvalue weighted by Gasteiger charge is 2.03. The number of rotatable bonds is 8. The predicted molar refractivity (Wildman–Crippen MR) is 73.0 cm³/mol. The molecule has 0 heterocycles. The van der Waals surface area contributed by atoms with Crippen LogP contribution in [0, 0.1) is 0 Å². The van der Waals surface area contributed by atoms with E-state index < -0.39 is 5.97 Å². The number of carbonyl (C=O) groups excluding carboxylic acids is 1. The Hall–Kier alpha value is -1.53. The van der Waals surface area contributed by atoms with Crippen LogP contribution in [-0.4, -0.2) is 34.4 Å². The van der Waals surface area contributed by atoms with Crippen LogP contribution in [0.15, 0.2) is 29.2 Å². The predicted octanol–water partition coefficient (Wildman–Crippen LogP) is 1.25. The van der Waals surface area contributed by atoms with E-state index in [2.05, 4.69) is 5.32 Å². The van der Waals surface area contributed by atoms with Gasteiger partial charge in [-0.3, -0.25) is 9.59 Å². The molecule has 1 rings (SSSR count). The number of hydrogen-bond acceptors (Lipinski definition) is 4. The summed E-state index contributed by atoms with van der Waals surface area (Å²) < 4.78 is 0. The quantitative estimate of drug-likeness (QED) is 0.494. The summed E-state index contributed by atoms with van der Waals surface area (Å²) in [7, 11) is 0. The standard InChI is InChI=1S/C13H17NO4S/c15-8-10-3-5-11(6-4-10)19-9-12(16)14-7-1-2-13(17)18/h3-6,15H,1-2,7-9H2,(H,14,16)(H,17,18). The number of benzene rings is 1. The van der Waals surface area contributed by atoms with Crippen LogP contribution >= 0.6 is 11.8 Å². The van der Waals surface area contributed by atoms with E-state index in [1.54, 1.807) is 0 Å². The molecule has 0 atom stereocenters. The molecule has 0 fully saturated rings. The summed E-state index contributed by atoms with van der Waals surface area (Å²) in [4.78, 5) is 22.7. The Labute approximate surface area is 116 Å². The summed E-state index contributed by atoms with van der Waals surface area (Å²) >= 11 is 1.40. The molecule has 1 amide bonds. The second-order valence-electron chi connectivity index (χ2n) is 3.94. The van der Waals surface area contributed by atoms with E-state index in [1.807, 2.05) is 24.3 Å². The van der Waals surface area contributed by atoms with Crippen molar-refractivity contribution in [1.82, 2.24) is 5.32 Å². The van der Waals surface area contributed by atoms with Crippen LogP contribution in [-0.2, 0) is 16.2 Å². The molecule has 1 aromatic carbocycles. The molecule has 0 saturated heterocycles. The fraction of sp³-hybridized carbons (Fsp3) is 0.385. The number of amides is 1. The highest BCUT2D eigenvalue weighted by Crippen LogP contribution is 2.18. The van der Waals surface area contributed by atoms with Crippen LogP contribution in [0.25, 0.3) is 0 Å². The molecule has 0 saturated carbocycles. The second-order valence-corrected chi connectivity index (χ2v) is 4.99. The largest absolute Gasteiger partial charge is 0.481 e. The third-order valence-corrected chi connectivity index (χ3v) is 3.38. The van der Waals surface area contributed by atoms with Crippen molar-refractivity contribution in [3.8, 4) is 0 Å². The molecule has 3 N–H and O–H groups in total. The maximum atomic E-state index is 11.5. The molecule has 0 spiro atoms. The average Bonchev–Trinajstić information content (AvgIpc) is 2.41. The molecule has 19 heavy (non-hydrogen) atoms. The van der Waals surface area contributed by atoms with Gasteiger partial charge in [0.05, 0.1) is 12.4 Å². The minimum Gasteiger partial charge on any atom is -0.481 e. The van der Waals surface area contributed by atoms with Crippen LogP contribution in [0.4, 0.5) is 0 Å². The molecule has 0 radical (unpaired) electrons. The average molecular weight is 283 g/mol. The van der Waals surface area contributed by atoms with Gasteiger partial charge >= 0.3 is 5.97 Å². The highest BCUT2D eigenvalue weighted by molar-refractivity contribution is 8.00. The molecule has 0 aliphatic heterocycles. The molecule has 0 unspecified atom stereocenters. The minimum atomic E-state index is -0.854. The van der Waals surface area contributed by atoms with Gasteiger partial charge in [-0.1, -0.05) is 12.1 Å². The maximum Gasteiger partial charge on any atom is 0.303 e. The van der Waals surface area contributed by atoms with E-state index in [4.69, 9.17) is 10.2 Å². The topological polar surface area (TPSA) is 86.6 Å². The van der Waals surface area contributed by atoms with Gasteiger partial charge in [0, 0.05) is 17.9 Å². The maximum absolute atomic E-state index is 11.5. The van der Waals surface area contributed by atoms with Crippen LogP contribution < -0.4 is 5.32 Å². The monoisotopic (exact) mass is 283 g/mol. The van der Waals surface area contributed by atoms with Crippen molar-refractivity contribution in [2.45, 2.75) is 24.3 Å². The van der Waals surface area contributed by atoms with E-state index >= 15 is 0 Å². The van der Waals surface area contributed by atoms with Gasteiger partial charge in [-0.2, -0.15) is 0 Å². The summed E-state index contributed by atoms with van der Waals surface area (Å²) in [6.45, 7) is 0.393. The van der Waals surface area contributed by atoms with Crippen LogP contribution in [0.1, 0.15) is 18.4 Å². The molecular formula is C13H17NO4S. The van der Waals surface area contributed by atoms with Crippen molar-refractivity contribution < 1.29 is 19.8 Å². The molecule has 5 nitrogen and oxygen atoms in total. The number of aliphatic hydroxyl groups is 1. The summed E-state index contributed by atoms with van der Waals surface area (Å²) in [5.74, 6) is -0.667. The fourth-order valence-electron chi connectivity index (χ4n) is 1.36. The van der Waals surface area contributed by atoms with Crippen molar-refractivity contribution in [3.63, 3.8) is 0 Å². The number of aliphatic carboxylic acids is 1. The molecule has 104 valence electrons. The van der Waals surface area contributed by atoms with Crippen molar-refractivity contribution in [2.75, 3.05) is 12.3 Å². The lowest BCUT2D eigenvalue weighted by molar-refractivity contribution is -0.137. The van der Waals surface area contributed by atoms with Gasteiger partial charge in [0.15, 0.2) is 0 Å². The van der Waals surface area contributed by atoms with Crippen LogP contribution in [0.5, 0.6) is 0 Å². The first-order valence-corrected chi connectivity index (χ1v) is 6.91. The zero-order chi connectivity index (χ0) is 14.1. The van der Waals surface area contributed by atoms with Gasteiger partial charge in [0.1, 0.15) is 0 Å². The molecule has 0 aromatic heterocycles. The molecule has 1 aromatic rings.